The highest BCUT2D eigenvalue weighted by Crippen LogP contribution is 2.09. The average Bonchev–Trinajstić information content (AvgIpc) is 3.15. The number of allylic oxidation sites excluding steroid dienone is 20. The van der Waals surface area contributed by atoms with E-state index in [2.05, 4.69) is 111 Å². The smallest absolute Gasteiger partial charge is 0.306 e. The van der Waals surface area contributed by atoms with Gasteiger partial charge in [0.05, 0.1) is 40.3 Å². The molecular weight excluding hydrogens is 703 g/mol. The van der Waals surface area contributed by atoms with E-state index in [-0.39, 0.29) is 43.6 Å². The van der Waals surface area contributed by atoms with E-state index < -0.39 is 30.1 Å². The monoisotopic (exact) mass is 776 g/mol. The summed E-state index contributed by atoms with van der Waals surface area (Å²) >= 11 is 0. The summed E-state index contributed by atoms with van der Waals surface area (Å²) in [6.07, 6.45) is 52.6. The van der Waals surface area contributed by atoms with Gasteiger partial charge in [0.1, 0.15) is 12.6 Å². The molecule has 8 nitrogen and oxygen atoms in total. The quantitative estimate of drug-likeness (QED) is 0.0278. The molecule has 0 saturated carbocycles. The lowest BCUT2D eigenvalue weighted by molar-refractivity contribution is -0.889. The molecule has 0 radical (unpaired) electrons. The Balaban J connectivity index is 4.65. The summed E-state index contributed by atoms with van der Waals surface area (Å²) in [5, 5.41) is 11.6. The number of hydrogen-bond donors (Lipinski definition) is 0. The lowest BCUT2D eigenvalue weighted by atomic mass is 10.1. The van der Waals surface area contributed by atoms with Gasteiger partial charge in [-0.05, 0) is 77.0 Å². The Hall–Kier alpha value is -4.27. The zero-order valence-corrected chi connectivity index (χ0v) is 35.2. The van der Waals surface area contributed by atoms with Crippen LogP contribution < -0.4 is 5.11 Å². The van der Waals surface area contributed by atoms with Gasteiger partial charge in [-0.25, -0.2) is 0 Å². The molecule has 56 heavy (non-hydrogen) atoms. The Labute approximate surface area is 340 Å². The van der Waals surface area contributed by atoms with Crippen molar-refractivity contribution in [3.05, 3.63) is 122 Å². The molecule has 0 amide bonds. The summed E-state index contributed by atoms with van der Waals surface area (Å²) in [4.78, 5) is 36.7. The van der Waals surface area contributed by atoms with E-state index in [4.69, 9.17) is 14.2 Å². The fourth-order valence-corrected chi connectivity index (χ4v) is 4.99. The van der Waals surface area contributed by atoms with Crippen LogP contribution in [0, 0.1) is 0 Å². The van der Waals surface area contributed by atoms with Crippen molar-refractivity contribution in [2.24, 2.45) is 0 Å². The summed E-state index contributed by atoms with van der Waals surface area (Å²) < 4.78 is 16.9. The highest BCUT2D eigenvalue weighted by molar-refractivity contribution is 5.70. The Bertz CT molecular complexity index is 1320. The number of carbonyl (C=O) groups excluding carboxylic acids is 3. The van der Waals surface area contributed by atoms with Crippen LogP contribution in [0.1, 0.15) is 110 Å². The van der Waals surface area contributed by atoms with Crippen molar-refractivity contribution >= 4 is 17.9 Å². The molecule has 0 fully saturated rings. The molecule has 2 unspecified atom stereocenters. The summed E-state index contributed by atoms with van der Waals surface area (Å²) in [5.74, 6) is -1.97. The first-order valence-electron chi connectivity index (χ1n) is 20.6. The van der Waals surface area contributed by atoms with E-state index in [1.807, 2.05) is 24.3 Å². The van der Waals surface area contributed by atoms with E-state index in [0.29, 0.717) is 12.8 Å². The lowest BCUT2D eigenvalue weighted by Gasteiger charge is -2.34. The molecule has 0 N–H and O–H groups in total. The SMILES string of the molecule is CC/C=C/C/C=C/C/C=C/C/C=C/C/C=C/CCC(=O)OCC(COCCC(C(=O)[O-])[N+](C)(C)C)OC(=O)CC/C=C/C/C=C/C/C=C/C/C=C/C/C=C/CC. The third-order valence-electron chi connectivity index (χ3n) is 8.12. The molecule has 0 rings (SSSR count). The largest absolute Gasteiger partial charge is 0.544 e. The van der Waals surface area contributed by atoms with Crippen LogP contribution in [0.15, 0.2) is 122 Å². The van der Waals surface area contributed by atoms with Crippen molar-refractivity contribution in [2.45, 2.75) is 122 Å². The predicted molar refractivity (Wildman–Crippen MR) is 230 cm³/mol. The summed E-state index contributed by atoms with van der Waals surface area (Å²) in [5.41, 5.74) is 0. The first-order valence-corrected chi connectivity index (χ1v) is 20.6. The van der Waals surface area contributed by atoms with E-state index in [1.54, 1.807) is 21.1 Å². The number of carboxylic acid groups (broad SMARTS) is 1. The first kappa shape index (κ1) is 51.7. The molecule has 0 heterocycles. The highest BCUT2D eigenvalue weighted by atomic mass is 16.6. The lowest BCUT2D eigenvalue weighted by Crippen LogP contribution is -2.55. The molecule has 0 saturated heterocycles. The van der Waals surface area contributed by atoms with Crippen molar-refractivity contribution in [2.75, 3.05) is 41.0 Å². The second kappa shape index (κ2) is 37.6. The number of carboxylic acids is 1. The van der Waals surface area contributed by atoms with Crippen molar-refractivity contribution in [1.29, 1.82) is 0 Å². The first-order chi connectivity index (χ1) is 27.1. The van der Waals surface area contributed by atoms with E-state index in [0.717, 1.165) is 64.2 Å². The van der Waals surface area contributed by atoms with Crippen LogP contribution in [0.2, 0.25) is 0 Å². The minimum atomic E-state index is -1.15. The molecular formula is C48H73NO7. The average molecular weight is 776 g/mol. The van der Waals surface area contributed by atoms with Crippen molar-refractivity contribution < 1.29 is 38.2 Å². The zero-order valence-electron chi connectivity index (χ0n) is 35.2. The van der Waals surface area contributed by atoms with Gasteiger partial charge in [-0.15, -0.1) is 0 Å². The fraction of sp³-hybridized carbons (Fsp3) is 0.521. The number of quaternary nitrogens is 1. The molecule has 0 bridgehead atoms. The molecule has 0 aliphatic carbocycles. The van der Waals surface area contributed by atoms with Crippen LogP contribution >= 0.6 is 0 Å². The molecule has 0 aromatic carbocycles. The maximum Gasteiger partial charge on any atom is 0.306 e. The van der Waals surface area contributed by atoms with E-state index >= 15 is 0 Å². The molecule has 0 spiro atoms. The van der Waals surface area contributed by atoms with Crippen molar-refractivity contribution in [3.8, 4) is 0 Å². The minimum absolute atomic E-state index is 0.0215. The molecule has 0 aliphatic rings. The topological polar surface area (TPSA) is 102 Å². The Morgan fingerprint density at radius 1 is 0.518 bits per heavy atom. The number of carbonyl (C=O) groups is 3. The third kappa shape index (κ3) is 35.4. The number of hydrogen-bond acceptors (Lipinski definition) is 7. The van der Waals surface area contributed by atoms with Gasteiger partial charge in [-0.3, -0.25) is 9.59 Å². The van der Waals surface area contributed by atoms with Gasteiger partial charge in [-0.2, -0.15) is 0 Å². The number of esters is 2. The number of nitrogens with zero attached hydrogens (tertiary/aromatic N) is 1. The van der Waals surface area contributed by atoms with Crippen LogP contribution in [-0.2, 0) is 28.6 Å². The van der Waals surface area contributed by atoms with Gasteiger partial charge in [-0.1, -0.05) is 135 Å². The highest BCUT2D eigenvalue weighted by Gasteiger charge is 2.25. The molecule has 8 heteroatoms. The Kier molecular flexibility index (Phi) is 34.8. The molecule has 0 aromatic heterocycles. The summed E-state index contributed by atoms with van der Waals surface area (Å²) in [6, 6.07) is -0.756. The Morgan fingerprint density at radius 3 is 1.23 bits per heavy atom. The third-order valence-corrected chi connectivity index (χ3v) is 8.12. The standard InChI is InChI=1S/C48H73NO7/c1-6-8-10-12-14-16-18-20-22-24-26-28-30-32-34-36-38-46(50)55-43-44(42-54-41-40-45(48(52)53)49(3,4)5)56-47(51)39-37-35-33-31-29-27-25-23-21-19-17-15-13-11-9-7-2/h8-11,14-17,20-23,26-29,32-35,44-45H,6-7,12-13,18-19,24-25,30-31,36-43H2,1-5H3/b10-8+,11-9+,16-14+,17-15+,22-20+,23-21+,28-26+,29-27+,34-32+,35-33+. The molecule has 312 valence electrons. The van der Waals surface area contributed by atoms with Crippen LogP contribution in [0.4, 0.5) is 0 Å². The number of ether oxygens (including phenoxy) is 3. The number of aliphatic carboxylic acids is 1. The van der Waals surface area contributed by atoms with Crippen molar-refractivity contribution in [1.82, 2.24) is 0 Å². The summed E-state index contributed by atoms with van der Waals surface area (Å²) in [7, 11) is 5.34. The predicted octanol–water partition coefficient (Wildman–Crippen LogP) is 9.74. The molecule has 0 aliphatic heterocycles. The minimum Gasteiger partial charge on any atom is -0.544 e. The van der Waals surface area contributed by atoms with E-state index in [1.165, 1.54) is 0 Å². The molecule has 2 atom stereocenters. The maximum absolute atomic E-state index is 12.7. The number of likely N-dealkylation sites (N-methyl/N-ethyl adjacent to an activating group) is 1. The molecule has 0 aromatic rings. The summed E-state index contributed by atoms with van der Waals surface area (Å²) in [6.45, 7) is 4.23. The van der Waals surface area contributed by atoms with Crippen LogP contribution in [0.5, 0.6) is 0 Å². The van der Waals surface area contributed by atoms with Crippen LogP contribution in [0.25, 0.3) is 0 Å². The maximum atomic E-state index is 12.7. The van der Waals surface area contributed by atoms with Crippen molar-refractivity contribution in [3.63, 3.8) is 0 Å². The van der Waals surface area contributed by atoms with Gasteiger partial charge >= 0.3 is 11.9 Å². The van der Waals surface area contributed by atoms with Gasteiger partial charge < -0.3 is 28.6 Å². The fourth-order valence-electron chi connectivity index (χ4n) is 4.99. The van der Waals surface area contributed by atoms with Crippen LogP contribution in [0.3, 0.4) is 0 Å². The van der Waals surface area contributed by atoms with Gasteiger partial charge in [0.2, 0.25) is 0 Å². The normalized spacial score (nSPS) is 14.2. The number of rotatable bonds is 34. The van der Waals surface area contributed by atoms with Gasteiger partial charge in [0, 0.05) is 19.3 Å². The zero-order chi connectivity index (χ0) is 41.4. The second-order valence-corrected chi connectivity index (χ2v) is 14.1. The Morgan fingerprint density at radius 2 is 0.875 bits per heavy atom. The van der Waals surface area contributed by atoms with Crippen LogP contribution in [-0.4, -0.2) is 75.5 Å². The van der Waals surface area contributed by atoms with Gasteiger partial charge in [0.25, 0.3) is 0 Å². The van der Waals surface area contributed by atoms with E-state index in [9.17, 15) is 19.5 Å². The second-order valence-electron chi connectivity index (χ2n) is 14.1. The van der Waals surface area contributed by atoms with Gasteiger partial charge in [0.15, 0.2) is 6.10 Å².